The second-order valence-corrected chi connectivity index (χ2v) is 7.20. The molecular formula is C18H19N3O2S. The van der Waals surface area contributed by atoms with E-state index in [9.17, 15) is 9.59 Å². The highest BCUT2D eigenvalue weighted by molar-refractivity contribution is 7.99. The first-order chi connectivity index (χ1) is 11.8. The van der Waals surface area contributed by atoms with E-state index in [0.717, 1.165) is 36.7 Å². The molecule has 2 aliphatic heterocycles. The predicted octanol–water partition coefficient (Wildman–Crippen LogP) is 2.37. The standard InChI is InChI=1S/C18H19N3O2S/c22-17(20-9-3-4-10-20)15-11-24-12-21(15)18(23)16-14-6-2-1-5-13(14)7-8-19-16/h1-2,5-8,15H,3-4,9-12H2. The molecule has 1 atom stereocenters. The van der Waals surface area contributed by atoms with Crippen LogP contribution in [0.15, 0.2) is 36.5 Å². The second-order valence-electron chi connectivity index (χ2n) is 6.20. The summed E-state index contributed by atoms with van der Waals surface area (Å²) in [5, 5.41) is 1.83. The van der Waals surface area contributed by atoms with Crippen LogP contribution in [0.2, 0.25) is 0 Å². The molecular weight excluding hydrogens is 322 g/mol. The molecule has 2 fully saturated rings. The molecule has 2 aliphatic rings. The third kappa shape index (κ3) is 2.65. The summed E-state index contributed by atoms with van der Waals surface area (Å²) in [5.74, 6) is 1.17. The molecule has 1 aromatic heterocycles. The van der Waals surface area contributed by atoms with Crippen molar-refractivity contribution in [1.29, 1.82) is 0 Å². The van der Waals surface area contributed by atoms with Crippen molar-refractivity contribution in [3.63, 3.8) is 0 Å². The lowest BCUT2D eigenvalue weighted by Crippen LogP contribution is -2.48. The number of nitrogens with zero attached hydrogens (tertiary/aromatic N) is 3. The Labute approximate surface area is 145 Å². The van der Waals surface area contributed by atoms with E-state index in [1.807, 2.05) is 35.2 Å². The summed E-state index contributed by atoms with van der Waals surface area (Å²) in [5.41, 5.74) is 0.440. The van der Waals surface area contributed by atoms with Crippen molar-refractivity contribution in [2.24, 2.45) is 0 Å². The van der Waals surface area contributed by atoms with Gasteiger partial charge in [-0.05, 0) is 24.3 Å². The van der Waals surface area contributed by atoms with Gasteiger partial charge in [0.1, 0.15) is 11.7 Å². The maximum absolute atomic E-state index is 13.1. The Kier molecular flexibility index (Phi) is 4.14. The molecule has 5 nitrogen and oxygen atoms in total. The maximum atomic E-state index is 13.1. The number of carbonyl (C=O) groups is 2. The highest BCUT2D eigenvalue weighted by atomic mass is 32.2. The van der Waals surface area contributed by atoms with Crippen molar-refractivity contribution in [3.05, 3.63) is 42.2 Å². The average Bonchev–Trinajstić information content (AvgIpc) is 3.31. The number of hydrogen-bond acceptors (Lipinski definition) is 4. The van der Waals surface area contributed by atoms with Gasteiger partial charge in [0, 0.05) is 30.4 Å². The molecule has 1 aromatic carbocycles. The number of hydrogen-bond donors (Lipinski definition) is 0. The monoisotopic (exact) mass is 341 g/mol. The lowest BCUT2D eigenvalue weighted by atomic mass is 10.1. The minimum atomic E-state index is -0.360. The van der Waals surface area contributed by atoms with Crippen molar-refractivity contribution in [3.8, 4) is 0 Å². The highest BCUT2D eigenvalue weighted by Crippen LogP contribution is 2.27. The topological polar surface area (TPSA) is 53.5 Å². The zero-order valence-electron chi connectivity index (χ0n) is 13.4. The smallest absolute Gasteiger partial charge is 0.274 e. The number of fused-ring (bicyclic) bond motifs is 1. The number of benzene rings is 1. The Morgan fingerprint density at radius 3 is 2.75 bits per heavy atom. The van der Waals surface area contributed by atoms with Crippen molar-refractivity contribution >= 4 is 34.3 Å². The third-order valence-electron chi connectivity index (χ3n) is 4.72. The van der Waals surface area contributed by atoms with Crippen LogP contribution in [0.25, 0.3) is 10.8 Å². The molecule has 0 bridgehead atoms. The van der Waals surface area contributed by atoms with Crippen LogP contribution in [0, 0.1) is 0 Å². The fourth-order valence-electron chi connectivity index (χ4n) is 3.42. The van der Waals surface area contributed by atoms with Crippen LogP contribution in [-0.2, 0) is 4.79 Å². The van der Waals surface area contributed by atoms with E-state index in [-0.39, 0.29) is 17.9 Å². The van der Waals surface area contributed by atoms with Crippen LogP contribution in [0.1, 0.15) is 23.3 Å². The van der Waals surface area contributed by atoms with E-state index in [1.165, 1.54) is 0 Å². The fraction of sp³-hybridized carbons (Fsp3) is 0.389. The molecule has 2 aromatic rings. The Hall–Kier alpha value is -2.08. The second kappa shape index (κ2) is 6.43. The normalized spacial score (nSPS) is 20.8. The minimum Gasteiger partial charge on any atom is -0.341 e. The molecule has 0 N–H and O–H groups in total. The van der Waals surface area contributed by atoms with E-state index >= 15 is 0 Å². The SMILES string of the molecule is O=C(C1CSCN1C(=O)c1nccc2ccccc12)N1CCCC1. The van der Waals surface area contributed by atoms with Gasteiger partial charge in [0.25, 0.3) is 5.91 Å². The Bertz CT molecular complexity index is 783. The van der Waals surface area contributed by atoms with Crippen LogP contribution in [-0.4, -0.2) is 57.4 Å². The summed E-state index contributed by atoms with van der Waals surface area (Å²) in [6.45, 7) is 1.63. The summed E-state index contributed by atoms with van der Waals surface area (Å²) in [7, 11) is 0. The van der Waals surface area contributed by atoms with Crippen LogP contribution in [0.3, 0.4) is 0 Å². The van der Waals surface area contributed by atoms with Gasteiger partial charge in [0.2, 0.25) is 5.91 Å². The van der Waals surface area contributed by atoms with Crippen molar-refractivity contribution in [1.82, 2.24) is 14.8 Å². The van der Waals surface area contributed by atoms with E-state index in [2.05, 4.69) is 4.98 Å². The number of pyridine rings is 1. The number of aromatic nitrogens is 1. The molecule has 2 amide bonds. The summed E-state index contributed by atoms with van der Waals surface area (Å²) in [4.78, 5) is 33.7. The van der Waals surface area contributed by atoms with E-state index < -0.39 is 0 Å². The third-order valence-corrected chi connectivity index (χ3v) is 5.73. The fourth-order valence-corrected chi connectivity index (χ4v) is 4.57. The lowest BCUT2D eigenvalue weighted by molar-refractivity contribution is -0.133. The molecule has 0 saturated carbocycles. The number of thioether (sulfide) groups is 1. The first-order valence-electron chi connectivity index (χ1n) is 8.27. The molecule has 4 rings (SSSR count). The van der Waals surface area contributed by atoms with Crippen LogP contribution in [0.4, 0.5) is 0 Å². The number of rotatable bonds is 2. The van der Waals surface area contributed by atoms with Gasteiger partial charge in [-0.15, -0.1) is 11.8 Å². The van der Waals surface area contributed by atoms with E-state index in [4.69, 9.17) is 0 Å². The number of amides is 2. The van der Waals surface area contributed by atoms with Gasteiger partial charge in [-0.2, -0.15) is 0 Å². The quantitative estimate of drug-likeness (QED) is 0.841. The lowest BCUT2D eigenvalue weighted by Gasteiger charge is -2.27. The minimum absolute atomic E-state index is 0.0890. The molecule has 6 heteroatoms. The van der Waals surface area contributed by atoms with E-state index in [1.54, 1.807) is 22.9 Å². The highest BCUT2D eigenvalue weighted by Gasteiger charge is 2.38. The molecule has 0 spiro atoms. The first kappa shape index (κ1) is 15.4. The van der Waals surface area contributed by atoms with Gasteiger partial charge >= 0.3 is 0 Å². The molecule has 24 heavy (non-hydrogen) atoms. The number of likely N-dealkylation sites (tertiary alicyclic amines) is 1. The summed E-state index contributed by atoms with van der Waals surface area (Å²) in [6, 6.07) is 9.28. The first-order valence-corrected chi connectivity index (χ1v) is 9.42. The van der Waals surface area contributed by atoms with Crippen LogP contribution >= 0.6 is 11.8 Å². The molecule has 2 saturated heterocycles. The summed E-state index contributed by atoms with van der Waals surface area (Å²) >= 11 is 1.64. The molecule has 3 heterocycles. The van der Waals surface area contributed by atoms with Gasteiger partial charge in [0.05, 0.1) is 5.88 Å². The van der Waals surface area contributed by atoms with Gasteiger partial charge in [-0.3, -0.25) is 14.6 Å². The Morgan fingerprint density at radius 1 is 1.12 bits per heavy atom. The molecule has 124 valence electrons. The molecule has 0 aliphatic carbocycles. The van der Waals surface area contributed by atoms with Crippen LogP contribution < -0.4 is 0 Å². The Balaban J connectivity index is 1.64. The maximum Gasteiger partial charge on any atom is 0.274 e. The summed E-state index contributed by atoms with van der Waals surface area (Å²) in [6.07, 6.45) is 3.78. The van der Waals surface area contributed by atoms with Crippen molar-refractivity contribution < 1.29 is 9.59 Å². The van der Waals surface area contributed by atoms with Gasteiger partial charge < -0.3 is 9.80 Å². The zero-order chi connectivity index (χ0) is 16.5. The largest absolute Gasteiger partial charge is 0.341 e. The van der Waals surface area contributed by atoms with Crippen LogP contribution in [0.5, 0.6) is 0 Å². The number of carbonyl (C=O) groups excluding carboxylic acids is 2. The van der Waals surface area contributed by atoms with E-state index in [0.29, 0.717) is 17.3 Å². The Morgan fingerprint density at radius 2 is 1.92 bits per heavy atom. The van der Waals surface area contributed by atoms with Crippen molar-refractivity contribution in [2.75, 3.05) is 24.7 Å². The average molecular weight is 341 g/mol. The molecule has 0 radical (unpaired) electrons. The van der Waals surface area contributed by atoms with Gasteiger partial charge in [-0.25, -0.2) is 0 Å². The zero-order valence-corrected chi connectivity index (χ0v) is 14.2. The predicted molar refractivity (Wildman–Crippen MR) is 94.8 cm³/mol. The van der Waals surface area contributed by atoms with Gasteiger partial charge in [0.15, 0.2) is 0 Å². The molecule has 1 unspecified atom stereocenters. The van der Waals surface area contributed by atoms with Gasteiger partial charge in [-0.1, -0.05) is 24.3 Å². The summed E-state index contributed by atoms with van der Waals surface area (Å²) < 4.78 is 0. The van der Waals surface area contributed by atoms with Crippen molar-refractivity contribution in [2.45, 2.75) is 18.9 Å².